The van der Waals surface area contributed by atoms with Gasteiger partial charge >= 0.3 is 0 Å². The van der Waals surface area contributed by atoms with E-state index >= 15 is 0 Å². The summed E-state index contributed by atoms with van der Waals surface area (Å²) in [6, 6.07) is 17.8. The van der Waals surface area contributed by atoms with E-state index in [9.17, 15) is 9.59 Å². The van der Waals surface area contributed by atoms with Crippen LogP contribution in [0.15, 0.2) is 60.8 Å². The van der Waals surface area contributed by atoms with Gasteiger partial charge in [-0.3, -0.25) is 14.5 Å². The van der Waals surface area contributed by atoms with E-state index in [4.69, 9.17) is 0 Å². The van der Waals surface area contributed by atoms with Crippen molar-refractivity contribution in [3.8, 4) is 0 Å². The van der Waals surface area contributed by atoms with Gasteiger partial charge in [-0.15, -0.1) is 0 Å². The summed E-state index contributed by atoms with van der Waals surface area (Å²) in [4.78, 5) is 33.8. The molecule has 2 heterocycles. The zero-order valence-electron chi connectivity index (χ0n) is 20.4. The largest absolute Gasteiger partial charge is 0.361 e. The molecule has 2 fully saturated rings. The van der Waals surface area contributed by atoms with Crippen LogP contribution >= 0.6 is 0 Å². The molecule has 0 radical (unpaired) electrons. The maximum Gasteiger partial charge on any atom is 0.258 e. The quantitative estimate of drug-likeness (QED) is 0.510. The van der Waals surface area contributed by atoms with E-state index in [2.05, 4.69) is 15.2 Å². The first kappa shape index (κ1) is 23.6. The highest BCUT2D eigenvalue weighted by atomic mass is 16.2. The van der Waals surface area contributed by atoms with Gasteiger partial charge in [0.05, 0.1) is 0 Å². The average Bonchev–Trinajstić information content (AvgIpc) is 3.39. The zero-order chi connectivity index (χ0) is 24.0. The predicted molar refractivity (Wildman–Crippen MR) is 141 cm³/mol. The molecule has 2 amide bonds. The van der Waals surface area contributed by atoms with E-state index in [1.165, 1.54) is 32.1 Å². The van der Waals surface area contributed by atoms with E-state index in [0.29, 0.717) is 18.0 Å². The van der Waals surface area contributed by atoms with Crippen molar-refractivity contribution in [2.45, 2.75) is 51.0 Å². The van der Waals surface area contributed by atoms with Gasteiger partial charge in [0.2, 0.25) is 5.91 Å². The van der Waals surface area contributed by atoms with Crippen molar-refractivity contribution < 1.29 is 9.59 Å². The molecule has 6 heteroatoms. The van der Waals surface area contributed by atoms with Crippen LogP contribution in [0.1, 0.15) is 55.3 Å². The van der Waals surface area contributed by atoms with Crippen LogP contribution < -0.4 is 10.2 Å². The van der Waals surface area contributed by atoms with Crippen molar-refractivity contribution in [1.29, 1.82) is 0 Å². The van der Waals surface area contributed by atoms with Gasteiger partial charge in [-0.2, -0.15) is 0 Å². The Kier molecular flexibility index (Phi) is 7.48. The smallest absolute Gasteiger partial charge is 0.258 e. The summed E-state index contributed by atoms with van der Waals surface area (Å²) >= 11 is 0. The van der Waals surface area contributed by atoms with Crippen LogP contribution in [-0.2, 0) is 4.79 Å². The van der Waals surface area contributed by atoms with Crippen LogP contribution in [-0.4, -0.2) is 53.9 Å². The number of nitrogens with one attached hydrogen (secondary N) is 2. The van der Waals surface area contributed by atoms with Gasteiger partial charge in [-0.05, 0) is 80.4 Å². The highest BCUT2D eigenvalue weighted by Gasteiger charge is 2.27. The number of hydrogen-bond acceptors (Lipinski definition) is 3. The summed E-state index contributed by atoms with van der Waals surface area (Å²) in [5, 5.41) is 4.18. The van der Waals surface area contributed by atoms with Crippen molar-refractivity contribution in [2.75, 3.05) is 31.1 Å². The lowest BCUT2D eigenvalue weighted by Crippen LogP contribution is -2.46. The molecular formula is C29H36N4O2. The fourth-order valence-electron chi connectivity index (χ4n) is 5.65. The maximum atomic E-state index is 13.5. The number of nitrogens with zero attached hydrogens (tertiary/aromatic N) is 2. The van der Waals surface area contributed by atoms with Crippen LogP contribution in [0, 0.1) is 5.92 Å². The van der Waals surface area contributed by atoms with E-state index < -0.39 is 0 Å². The number of aromatic amines is 1. The van der Waals surface area contributed by atoms with E-state index in [1.54, 1.807) is 4.90 Å². The van der Waals surface area contributed by atoms with Gasteiger partial charge in [0.1, 0.15) is 6.54 Å². The fourth-order valence-corrected chi connectivity index (χ4v) is 5.65. The summed E-state index contributed by atoms with van der Waals surface area (Å²) in [5.74, 6) is 0.219. The summed E-state index contributed by atoms with van der Waals surface area (Å²) in [6.07, 6.45) is 11.0. The van der Waals surface area contributed by atoms with Crippen LogP contribution in [0.2, 0.25) is 0 Å². The number of H-pyrrole nitrogens is 1. The highest BCUT2D eigenvalue weighted by molar-refractivity contribution is 6.10. The number of likely N-dealkylation sites (tertiary alicyclic amines) is 1. The Labute approximate surface area is 207 Å². The van der Waals surface area contributed by atoms with Crippen molar-refractivity contribution in [3.05, 3.63) is 66.4 Å². The third kappa shape index (κ3) is 5.76. The number of amides is 2. The highest BCUT2D eigenvalue weighted by Crippen LogP contribution is 2.27. The van der Waals surface area contributed by atoms with Gasteiger partial charge in [0.15, 0.2) is 0 Å². The molecule has 0 atom stereocenters. The van der Waals surface area contributed by atoms with Gasteiger partial charge in [0.25, 0.3) is 5.91 Å². The number of hydrogen-bond donors (Lipinski definition) is 2. The zero-order valence-corrected chi connectivity index (χ0v) is 20.4. The van der Waals surface area contributed by atoms with Crippen molar-refractivity contribution in [3.63, 3.8) is 0 Å². The summed E-state index contributed by atoms with van der Waals surface area (Å²) in [6.45, 7) is 2.97. The molecular weight excluding hydrogens is 436 g/mol. The second-order valence-corrected chi connectivity index (χ2v) is 10.1. The standard InChI is InChI=1S/C29H36N4O2/c34-28(31-20-22-14-17-32(18-15-22)25-7-3-1-4-8-25)21-33(26-9-5-2-6-10-26)29(35)24-12-11-23-13-16-30-27(23)19-24/h2,5-6,9-13,16,19,22,25,30H,1,3-4,7-8,14-15,17-18,20-21H2,(H,31,34). The third-order valence-electron chi connectivity index (χ3n) is 7.74. The number of fused-ring (bicyclic) bond motifs is 1. The molecule has 1 saturated carbocycles. The number of benzene rings is 2. The molecule has 0 spiro atoms. The minimum Gasteiger partial charge on any atom is -0.361 e. The van der Waals surface area contributed by atoms with Crippen LogP contribution in [0.4, 0.5) is 5.69 Å². The number of aromatic nitrogens is 1. The Morgan fingerprint density at radius 2 is 1.71 bits per heavy atom. The van der Waals surface area contributed by atoms with Crippen molar-refractivity contribution in [1.82, 2.24) is 15.2 Å². The number of piperidine rings is 1. The number of anilines is 1. The third-order valence-corrected chi connectivity index (χ3v) is 7.74. The molecule has 184 valence electrons. The molecule has 2 aromatic carbocycles. The Hall–Kier alpha value is -3.12. The normalized spacial score (nSPS) is 17.9. The molecule has 1 aliphatic carbocycles. The Morgan fingerprint density at radius 1 is 0.943 bits per heavy atom. The minimum absolute atomic E-state index is 0.00648. The topological polar surface area (TPSA) is 68.4 Å². The summed E-state index contributed by atoms with van der Waals surface area (Å²) in [7, 11) is 0. The molecule has 6 nitrogen and oxygen atoms in total. The summed E-state index contributed by atoms with van der Waals surface area (Å²) in [5.41, 5.74) is 2.19. The fraction of sp³-hybridized carbons (Fsp3) is 0.448. The second kappa shape index (κ2) is 11.1. The van der Waals surface area contributed by atoms with E-state index in [1.807, 2.05) is 60.8 Å². The lowest BCUT2D eigenvalue weighted by Gasteiger charge is -2.39. The second-order valence-electron chi connectivity index (χ2n) is 10.1. The molecule has 1 aliphatic heterocycles. The molecule has 5 rings (SSSR count). The molecule has 0 bridgehead atoms. The van der Waals surface area contributed by atoms with Gasteiger partial charge in [0, 0.05) is 35.6 Å². The van der Waals surface area contributed by atoms with Crippen LogP contribution in [0.3, 0.4) is 0 Å². The van der Waals surface area contributed by atoms with Gasteiger partial charge < -0.3 is 15.2 Å². The number of rotatable bonds is 7. The first-order chi connectivity index (χ1) is 17.2. The summed E-state index contributed by atoms with van der Waals surface area (Å²) < 4.78 is 0. The number of carbonyl (C=O) groups excluding carboxylic acids is 2. The molecule has 2 aliphatic rings. The van der Waals surface area contributed by atoms with Crippen LogP contribution in [0.5, 0.6) is 0 Å². The Balaban J connectivity index is 1.18. The molecule has 35 heavy (non-hydrogen) atoms. The molecule has 1 saturated heterocycles. The average molecular weight is 473 g/mol. The SMILES string of the molecule is O=C(CN(C(=O)c1ccc2cc[nH]c2c1)c1ccccc1)NCC1CCN(C2CCCCC2)CC1. The first-order valence-corrected chi connectivity index (χ1v) is 13.1. The number of carbonyl (C=O) groups is 2. The molecule has 0 unspecified atom stereocenters. The minimum atomic E-state index is -0.177. The Morgan fingerprint density at radius 3 is 2.49 bits per heavy atom. The first-order valence-electron chi connectivity index (χ1n) is 13.1. The molecule has 2 N–H and O–H groups in total. The van der Waals surface area contributed by atoms with Gasteiger partial charge in [-0.25, -0.2) is 0 Å². The van der Waals surface area contributed by atoms with Crippen LogP contribution in [0.25, 0.3) is 10.9 Å². The molecule has 3 aromatic rings. The van der Waals surface area contributed by atoms with E-state index in [0.717, 1.165) is 48.6 Å². The number of para-hydroxylation sites is 1. The lowest BCUT2D eigenvalue weighted by atomic mass is 9.90. The monoisotopic (exact) mass is 472 g/mol. The Bertz CT molecular complexity index is 1130. The lowest BCUT2D eigenvalue weighted by molar-refractivity contribution is -0.120. The van der Waals surface area contributed by atoms with Gasteiger partial charge in [-0.1, -0.05) is 43.5 Å². The predicted octanol–water partition coefficient (Wildman–Crippen LogP) is 4.98. The maximum absolute atomic E-state index is 13.5. The van der Waals surface area contributed by atoms with E-state index in [-0.39, 0.29) is 18.4 Å². The van der Waals surface area contributed by atoms with Crippen molar-refractivity contribution >= 4 is 28.4 Å². The molecule has 1 aromatic heterocycles. The van der Waals surface area contributed by atoms with Crippen molar-refractivity contribution in [2.24, 2.45) is 5.92 Å².